The molecule has 5 heteroatoms. The molecule has 11 rings (SSSR count). The Morgan fingerprint density at radius 1 is 0.641 bits per heavy atom. The fourth-order valence-electron chi connectivity index (χ4n) is 9.03. The van der Waals surface area contributed by atoms with Crippen LogP contribution in [-0.4, -0.2) is 14.1 Å². The monoisotopic (exact) mass is 839 g/mol. The predicted octanol–water partition coefficient (Wildman–Crippen LogP) is 13.7. The van der Waals surface area contributed by atoms with Gasteiger partial charge in [-0.3, -0.25) is 13.7 Å². The van der Waals surface area contributed by atoms with Crippen LogP contribution in [-0.2, 0) is 35.2 Å². The lowest BCUT2D eigenvalue weighted by molar-refractivity contribution is -0.571. The van der Waals surface area contributed by atoms with Gasteiger partial charge in [0.25, 0.3) is 6.33 Å². The van der Waals surface area contributed by atoms with Crippen molar-refractivity contribution in [2.45, 2.75) is 72.0 Å². The van der Waals surface area contributed by atoms with E-state index in [1.807, 2.05) is 112 Å². The number of pyridine rings is 1. The molecule has 0 N–H and O–H groups in total. The molecule has 1 aliphatic heterocycles. The SMILES string of the molecule is [2H]c1c([2H])c([2H])c(-c2cccc(-c3cc(C(C)(C)C)cc(C(C)(C)C)c3)c2-[n+]2[c-]n(-c3cccc(C([2H])([2H])c4ccc5c6ccccc6n(-c6cc7c(cn6)COC7)c5c4)c3)c3ccccc32)c([2H])c1[2H]. The zero-order valence-electron chi connectivity index (χ0n) is 43.9. The van der Waals surface area contributed by atoms with Crippen LogP contribution in [0.5, 0.6) is 0 Å². The Morgan fingerprint density at radius 2 is 1.31 bits per heavy atom. The van der Waals surface area contributed by atoms with Crippen LogP contribution in [0, 0.1) is 6.33 Å². The minimum atomic E-state index is -1.95. The number of imidazole rings is 1. The van der Waals surface area contributed by atoms with Crippen molar-refractivity contribution in [1.29, 1.82) is 0 Å². The molecule has 0 spiro atoms. The van der Waals surface area contributed by atoms with E-state index in [1.165, 1.54) is 0 Å². The number of fused-ring (bicyclic) bond motifs is 5. The summed E-state index contributed by atoms with van der Waals surface area (Å²) >= 11 is 0. The quantitative estimate of drug-likeness (QED) is 0.118. The highest BCUT2D eigenvalue weighted by molar-refractivity contribution is 6.09. The second-order valence-corrected chi connectivity index (χ2v) is 18.8. The summed E-state index contributed by atoms with van der Waals surface area (Å²) in [6.07, 6.45) is 3.58. The van der Waals surface area contributed by atoms with E-state index in [-0.39, 0.29) is 28.5 Å². The van der Waals surface area contributed by atoms with Gasteiger partial charge in [-0.25, -0.2) is 4.98 Å². The first kappa shape index (κ1) is 32.6. The average Bonchev–Trinajstić information content (AvgIpc) is 4.08. The molecule has 10 aromatic rings. The van der Waals surface area contributed by atoms with Gasteiger partial charge in [-0.1, -0.05) is 175 Å². The van der Waals surface area contributed by atoms with E-state index < -0.39 is 24.5 Å². The molecule has 4 heterocycles. The first-order valence-electron chi connectivity index (χ1n) is 25.3. The van der Waals surface area contributed by atoms with Gasteiger partial charge < -0.3 is 4.74 Å². The summed E-state index contributed by atoms with van der Waals surface area (Å²) in [5.74, 6) is 0.747. The zero-order valence-corrected chi connectivity index (χ0v) is 36.9. The lowest BCUT2D eigenvalue weighted by atomic mass is 9.78. The van der Waals surface area contributed by atoms with Crippen molar-refractivity contribution in [3.63, 3.8) is 0 Å². The molecule has 7 aromatic carbocycles. The largest absolute Gasteiger partial charge is 0.372 e. The summed E-state index contributed by atoms with van der Waals surface area (Å²) < 4.78 is 75.7. The Hall–Kier alpha value is -7.08. The van der Waals surface area contributed by atoms with Gasteiger partial charge in [0.15, 0.2) is 0 Å². The standard InChI is InChI=1S/C59H52N4O/c1-58(2,3)45-31-42(32-46(34-45)59(4,5)6)49-22-15-21-48(41-17-8-7-9-18-41)57(49)62-38-61(53-24-12-13-25-54(53)62)47-19-14-16-39(29-47)28-40-26-27-51-50-20-10-11-23-52(50)63(55(51)30-40)56-33-43-36-64-37-44(43)35-60-56/h7-27,29-35H,28,36-37H2,1-6H3/i7D,8D,9D,17D,18D,28D2. The maximum Gasteiger partial charge on any atom is 0.269 e. The molecule has 314 valence electrons. The summed E-state index contributed by atoms with van der Waals surface area (Å²) in [6.45, 7) is 14.2. The highest BCUT2D eigenvalue weighted by atomic mass is 16.5. The molecule has 0 bridgehead atoms. The number of para-hydroxylation sites is 4. The van der Waals surface area contributed by atoms with Crippen molar-refractivity contribution < 1.29 is 18.9 Å². The van der Waals surface area contributed by atoms with Crippen LogP contribution >= 0.6 is 0 Å². The fraction of sp³-hybridized carbons (Fsp3) is 0.186. The number of hydrogen-bond acceptors (Lipinski definition) is 2. The summed E-state index contributed by atoms with van der Waals surface area (Å²) in [7, 11) is 0. The molecule has 5 nitrogen and oxygen atoms in total. The molecule has 3 aromatic heterocycles. The first-order chi connectivity index (χ1) is 33.8. The Morgan fingerprint density at radius 3 is 2.09 bits per heavy atom. The number of benzene rings is 7. The number of nitrogens with zero attached hydrogens (tertiary/aromatic N) is 4. The van der Waals surface area contributed by atoms with Gasteiger partial charge in [0.1, 0.15) is 5.82 Å². The summed E-state index contributed by atoms with van der Waals surface area (Å²) in [5.41, 5.74) is 11.8. The molecule has 0 saturated carbocycles. The highest BCUT2D eigenvalue weighted by Gasteiger charge is 2.25. The molecule has 0 amide bonds. The van der Waals surface area contributed by atoms with E-state index in [1.54, 1.807) is 0 Å². The van der Waals surface area contributed by atoms with Crippen molar-refractivity contribution in [2.24, 2.45) is 0 Å². The van der Waals surface area contributed by atoms with Crippen LogP contribution < -0.4 is 4.57 Å². The van der Waals surface area contributed by atoms with Gasteiger partial charge >= 0.3 is 0 Å². The normalized spacial score (nSPS) is 14.8. The lowest BCUT2D eigenvalue weighted by Gasteiger charge is -2.27. The summed E-state index contributed by atoms with van der Waals surface area (Å²) in [4.78, 5) is 4.87. The predicted molar refractivity (Wildman–Crippen MR) is 262 cm³/mol. The maximum atomic E-state index is 9.84. The number of hydrogen-bond donors (Lipinski definition) is 0. The lowest BCUT2D eigenvalue weighted by Crippen LogP contribution is -2.31. The Kier molecular flexibility index (Phi) is 7.80. The molecule has 0 fully saturated rings. The smallest absolute Gasteiger partial charge is 0.269 e. The van der Waals surface area contributed by atoms with Gasteiger partial charge in [0.2, 0.25) is 0 Å². The third kappa shape index (κ3) is 7.01. The number of ether oxygens (including phenoxy) is 1. The molecule has 0 atom stereocenters. The van der Waals surface area contributed by atoms with Gasteiger partial charge in [-0.2, -0.15) is 0 Å². The third-order valence-electron chi connectivity index (χ3n) is 12.4. The van der Waals surface area contributed by atoms with E-state index >= 15 is 0 Å². The maximum absolute atomic E-state index is 9.84. The zero-order chi connectivity index (χ0) is 49.9. The third-order valence-corrected chi connectivity index (χ3v) is 12.4. The topological polar surface area (TPSA) is 35.9 Å². The fourth-order valence-corrected chi connectivity index (χ4v) is 9.03. The van der Waals surface area contributed by atoms with E-state index in [0.29, 0.717) is 41.3 Å². The van der Waals surface area contributed by atoms with Crippen LogP contribution in [0.2, 0.25) is 0 Å². The van der Waals surface area contributed by atoms with Gasteiger partial charge in [0.05, 0.1) is 53.5 Å². The minimum absolute atomic E-state index is 0.0841. The van der Waals surface area contributed by atoms with Crippen molar-refractivity contribution in [1.82, 2.24) is 14.1 Å². The first-order valence-corrected chi connectivity index (χ1v) is 21.8. The Balaban J connectivity index is 1.11. The molecule has 64 heavy (non-hydrogen) atoms. The Bertz CT molecular complexity index is 3760. The van der Waals surface area contributed by atoms with Crippen molar-refractivity contribution >= 4 is 32.8 Å². The molecular formula is C59H52N4O. The van der Waals surface area contributed by atoms with Crippen molar-refractivity contribution in [2.75, 3.05) is 0 Å². The highest BCUT2D eigenvalue weighted by Crippen LogP contribution is 2.39. The molecule has 0 radical (unpaired) electrons. The van der Waals surface area contributed by atoms with E-state index in [4.69, 9.17) is 13.8 Å². The molecule has 0 unspecified atom stereocenters. The van der Waals surface area contributed by atoms with E-state index in [9.17, 15) is 5.48 Å². The van der Waals surface area contributed by atoms with Crippen molar-refractivity contribution in [3.05, 3.63) is 210 Å². The minimum Gasteiger partial charge on any atom is -0.372 e. The van der Waals surface area contributed by atoms with Crippen LogP contribution in [0.4, 0.5) is 0 Å². The van der Waals surface area contributed by atoms with Crippen LogP contribution in [0.1, 0.15) is 84.5 Å². The van der Waals surface area contributed by atoms with E-state index in [0.717, 1.165) is 72.0 Å². The second kappa shape index (κ2) is 15.3. The van der Waals surface area contributed by atoms with Gasteiger partial charge in [-0.15, -0.1) is 0 Å². The van der Waals surface area contributed by atoms with E-state index in [2.05, 4.69) is 88.8 Å². The van der Waals surface area contributed by atoms with Gasteiger partial charge in [0, 0.05) is 25.3 Å². The summed E-state index contributed by atoms with van der Waals surface area (Å²) in [6, 6.07) is 41.9. The number of aromatic nitrogens is 4. The van der Waals surface area contributed by atoms with Crippen LogP contribution in [0.3, 0.4) is 0 Å². The summed E-state index contributed by atoms with van der Waals surface area (Å²) in [5, 5.41) is 2.04. The van der Waals surface area contributed by atoms with Crippen molar-refractivity contribution in [3.8, 4) is 39.4 Å². The van der Waals surface area contributed by atoms with Crippen LogP contribution in [0.25, 0.3) is 72.3 Å². The molecular weight excluding hydrogens is 781 g/mol. The average molecular weight is 840 g/mol. The van der Waals surface area contributed by atoms with Crippen LogP contribution in [0.15, 0.2) is 170 Å². The van der Waals surface area contributed by atoms with Gasteiger partial charge in [-0.05, 0) is 97.6 Å². The Labute approximate surface area is 385 Å². The molecule has 1 aliphatic rings. The molecule has 0 saturated heterocycles. The second-order valence-electron chi connectivity index (χ2n) is 18.8. The number of rotatable bonds is 7. The molecule has 0 aliphatic carbocycles.